The average Bonchev–Trinajstić information content (AvgIpc) is 2.69. The number of benzene rings is 1. The molecule has 0 bridgehead atoms. The molecule has 3 aliphatic rings. The van der Waals surface area contributed by atoms with Gasteiger partial charge in [0.05, 0.1) is 35.0 Å². The Balaban J connectivity index is 1.58. The number of fused-ring (bicyclic) bond motifs is 1. The summed E-state index contributed by atoms with van der Waals surface area (Å²) in [6.45, 7) is 2.58. The lowest BCUT2D eigenvalue weighted by Gasteiger charge is -2.35. The molecule has 138 valence electrons. The highest BCUT2D eigenvalue weighted by Gasteiger charge is 2.39. The largest absolute Gasteiger partial charge is 0.378 e. The molecule has 2 heterocycles. The molecule has 1 saturated heterocycles. The summed E-state index contributed by atoms with van der Waals surface area (Å²) in [6, 6.07) is 8.41. The Hall–Kier alpha value is -2.19. The highest BCUT2D eigenvalue weighted by molar-refractivity contribution is 7.92. The molecule has 1 fully saturated rings. The molecule has 2 atom stereocenters. The highest BCUT2D eigenvalue weighted by Crippen LogP contribution is 2.34. The summed E-state index contributed by atoms with van der Waals surface area (Å²) in [7, 11) is -3.47. The number of morpholine rings is 1. The van der Waals surface area contributed by atoms with E-state index in [0.29, 0.717) is 49.3 Å². The fourth-order valence-electron chi connectivity index (χ4n) is 3.57. The quantitative estimate of drug-likeness (QED) is 0.831. The van der Waals surface area contributed by atoms with Crippen molar-refractivity contribution in [2.75, 3.05) is 26.3 Å². The fourth-order valence-corrected chi connectivity index (χ4v) is 5.28. The van der Waals surface area contributed by atoms with Gasteiger partial charge in [-0.15, -0.1) is 0 Å². The van der Waals surface area contributed by atoms with Crippen molar-refractivity contribution in [3.63, 3.8) is 0 Å². The van der Waals surface area contributed by atoms with Crippen LogP contribution in [0.25, 0.3) is 0 Å². The first-order valence-corrected chi connectivity index (χ1v) is 10.3. The lowest BCUT2D eigenvalue weighted by Crippen LogP contribution is -2.53. The van der Waals surface area contributed by atoms with Crippen LogP contribution in [0.3, 0.4) is 0 Å². The molecule has 2 unspecified atom stereocenters. The predicted octanol–water partition coefficient (Wildman–Crippen LogP) is 0.941. The zero-order chi connectivity index (χ0) is 18.1. The minimum atomic E-state index is -3.47. The van der Waals surface area contributed by atoms with Crippen LogP contribution in [0.2, 0.25) is 0 Å². The van der Waals surface area contributed by atoms with Crippen molar-refractivity contribution in [3.8, 4) is 0 Å². The smallest absolute Gasteiger partial charge is 0.235 e. The van der Waals surface area contributed by atoms with E-state index >= 15 is 0 Å². The summed E-state index contributed by atoms with van der Waals surface area (Å²) in [5.74, 6) is -0.150. The molecule has 0 spiro atoms. The van der Waals surface area contributed by atoms with Gasteiger partial charge in [0.2, 0.25) is 11.9 Å². The molecule has 8 heteroatoms. The summed E-state index contributed by atoms with van der Waals surface area (Å²) in [5, 5.41) is 2.24. The summed E-state index contributed by atoms with van der Waals surface area (Å²) in [4.78, 5) is 19.5. The van der Waals surface area contributed by atoms with E-state index in [0.717, 1.165) is 0 Å². The van der Waals surface area contributed by atoms with Crippen LogP contribution in [0.5, 0.6) is 0 Å². The second kappa shape index (κ2) is 6.85. The third kappa shape index (κ3) is 3.14. The Labute approximate surface area is 152 Å². The van der Waals surface area contributed by atoms with E-state index in [4.69, 9.17) is 4.74 Å². The van der Waals surface area contributed by atoms with Gasteiger partial charge in [-0.3, -0.25) is 10.1 Å². The van der Waals surface area contributed by atoms with Gasteiger partial charge in [0, 0.05) is 13.1 Å². The van der Waals surface area contributed by atoms with E-state index in [2.05, 4.69) is 10.3 Å². The van der Waals surface area contributed by atoms with Crippen molar-refractivity contribution in [3.05, 3.63) is 42.1 Å². The van der Waals surface area contributed by atoms with Gasteiger partial charge in [0.25, 0.3) is 0 Å². The zero-order valence-electron chi connectivity index (χ0n) is 14.3. The monoisotopic (exact) mass is 375 g/mol. The van der Waals surface area contributed by atoms with Gasteiger partial charge in [0.1, 0.15) is 0 Å². The number of nitrogens with zero attached hydrogens (tertiary/aromatic N) is 2. The van der Waals surface area contributed by atoms with E-state index in [9.17, 15) is 13.2 Å². The maximum absolute atomic E-state index is 12.9. The van der Waals surface area contributed by atoms with Crippen molar-refractivity contribution in [2.45, 2.75) is 23.0 Å². The number of nitrogens with one attached hydrogen (secondary N) is 1. The number of aliphatic imine (C=N–C) groups is 1. The van der Waals surface area contributed by atoms with Crippen LogP contribution in [-0.4, -0.2) is 56.7 Å². The topological polar surface area (TPSA) is 88.1 Å². The van der Waals surface area contributed by atoms with Crippen LogP contribution in [0, 0.1) is 5.92 Å². The van der Waals surface area contributed by atoms with Crippen molar-refractivity contribution < 1.29 is 17.9 Å². The first-order valence-electron chi connectivity index (χ1n) is 8.77. The lowest BCUT2D eigenvalue weighted by atomic mass is 9.90. The SMILES string of the molecule is O=C1NC(N2CCOCC2)=NC2=CCC(S(=O)(=O)c3ccccc3)CC12. The average molecular weight is 375 g/mol. The molecule has 1 aromatic carbocycles. The van der Waals surface area contributed by atoms with Crippen LogP contribution < -0.4 is 5.32 Å². The van der Waals surface area contributed by atoms with E-state index in [-0.39, 0.29) is 12.3 Å². The zero-order valence-corrected chi connectivity index (χ0v) is 15.1. The fraction of sp³-hybridized carbons (Fsp3) is 0.444. The summed E-state index contributed by atoms with van der Waals surface area (Å²) < 4.78 is 31.0. The number of amides is 1. The lowest BCUT2D eigenvalue weighted by molar-refractivity contribution is -0.123. The van der Waals surface area contributed by atoms with Gasteiger partial charge in [0.15, 0.2) is 9.84 Å². The van der Waals surface area contributed by atoms with Crippen molar-refractivity contribution >= 4 is 21.7 Å². The normalized spacial score (nSPS) is 26.5. The van der Waals surface area contributed by atoms with Gasteiger partial charge in [-0.1, -0.05) is 24.3 Å². The number of hydrogen-bond acceptors (Lipinski definition) is 6. The molecule has 2 aliphatic heterocycles. The number of sulfone groups is 1. The Morgan fingerprint density at radius 1 is 1.15 bits per heavy atom. The van der Waals surface area contributed by atoms with Gasteiger partial charge in [-0.2, -0.15) is 0 Å². The van der Waals surface area contributed by atoms with Crippen molar-refractivity contribution in [1.82, 2.24) is 10.2 Å². The third-order valence-corrected chi connectivity index (χ3v) is 7.24. The molecular weight excluding hydrogens is 354 g/mol. The van der Waals surface area contributed by atoms with E-state index < -0.39 is 21.0 Å². The third-order valence-electron chi connectivity index (χ3n) is 5.05. The predicted molar refractivity (Wildman–Crippen MR) is 96.2 cm³/mol. The number of carbonyl (C=O) groups excluding carboxylic acids is 1. The van der Waals surface area contributed by atoms with Crippen LogP contribution in [-0.2, 0) is 19.4 Å². The molecule has 0 saturated carbocycles. The van der Waals surface area contributed by atoms with Gasteiger partial charge < -0.3 is 9.64 Å². The summed E-state index contributed by atoms with van der Waals surface area (Å²) >= 11 is 0. The maximum Gasteiger partial charge on any atom is 0.235 e. The standard InChI is InChI=1S/C18H21N3O4S/c22-17-15-12-14(26(23,24)13-4-2-1-3-5-13)6-7-16(15)19-18(20-17)21-8-10-25-11-9-21/h1-5,7,14-15H,6,8-12H2,(H,19,20,22). The first-order chi connectivity index (χ1) is 12.6. The highest BCUT2D eigenvalue weighted by atomic mass is 32.2. The van der Waals surface area contributed by atoms with Crippen LogP contribution in [0.15, 0.2) is 52.0 Å². The van der Waals surface area contributed by atoms with Crippen molar-refractivity contribution in [1.29, 1.82) is 0 Å². The van der Waals surface area contributed by atoms with E-state index in [1.165, 1.54) is 0 Å². The molecule has 1 aromatic rings. The number of rotatable bonds is 2. The molecule has 4 rings (SSSR count). The Morgan fingerprint density at radius 2 is 1.88 bits per heavy atom. The number of hydrogen-bond donors (Lipinski definition) is 1. The van der Waals surface area contributed by atoms with Crippen LogP contribution in [0.1, 0.15) is 12.8 Å². The maximum atomic E-state index is 12.9. The molecule has 26 heavy (non-hydrogen) atoms. The van der Waals surface area contributed by atoms with Crippen LogP contribution in [0.4, 0.5) is 0 Å². The van der Waals surface area contributed by atoms with E-state index in [1.807, 2.05) is 4.90 Å². The molecule has 0 radical (unpaired) electrons. The van der Waals surface area contributed by atoms with Gasteiger partial charge in [-0.25, -0.2) is 13.4 Å². The number of allylic oxidation sites excluding steroid dienone is 1. The van der Waals surface area contributed by atoms with Crippen LogP contribution >= 0.6 is 0 Å². The molecule has 1 N–H and O–H groups in total. The Morgan fingerprint density at radius 3 is 2.62 bits per heavy atom. The number of carbonyl (C=O) groups is 1. The second-order valence-corrected chi connectivity index (χ2v) is 8.89. The molecule has 1 amide bonds. The minimum absolute atomic E-state index is 0.180. The number of guanidine groups is 1. The molecule has 7 nitrogen and oxygen atoms in total. The van der Waals surface area contributed by atoms with E-state index in [1.54, 1.807) is 36.4 Å². The first kappa shape index (κ1) is 17.2. The van der Waals surface area contributed by atoms with Gasteiger partial charge >= 0.3 is 0 Å². The molecule has 1 aliphatic carbocycles. The van der Waals surface area contributed by atoms with Gasteiger partial charge in [-0.05, 0) is 25.0 Å². The van der Waals surface area contributed by atoms with Crippen molar-refractivity contribution in [2.24, 2.45) is 10.9 Å². The summed E-state index contributed by atoms with van der Waals surface area (Å²) in [6.07, 6.45) is 2.43. The molecule has 0 aromatic heterocycles. The second-order valence-electron chi connectivity index (χ2n) is 6.66. The Kier molecular flexibility index (Phi) is 4.54. The minimum Gasteiger partial charge on any atom is -0.378 e. The Bertz CT molecular complexity index is 858. The summed E-state index contributed by atoms with van der Waals surface area (Å²) in [5.41, 5.74) is 0.676. The molecular formula is C18H21N3O4S. The number of ether oxygens (including phenoxy) is 1.